The predicted molar refractivity (Wildman–Crippen MR) is 66.8 cm³/mol. The maximum Gasteiger partial charge on any atom is 0.0809 e. The van der Waals surface area contributed by atoms with Gasteiger partial charge >= 0.3 is 0 Å². The van der Waals surface area contributed by atoms with Gasteiger partial charge in [-0.15, -0.1) is 0 Å². The van der Waals surface area contributed by atoms with Gasteiger partial charge in [-0.1, -0.05) is 41.4 Å². The molecule has 0 saturated carbocycles. The molecule has 0 aliphatic heterocycles. The van der Waals surface area contributed by atoms with Gasteiger partial charge in [-0.05, 0) is 24.1 Å². The lowest BCUT2D eigenvalue weighted by atomic mass is 9.90. The van der Waals surface area contributed by atoms with Crippen molar-refractivity contribution in [1.82, 2.24) is 0 Å². The van der Waals surface area contributed by atoms with Crippen LogP contribution in [0.15, 0.2) is 28.7 Å². The molecule has 0 radical (unpaired) electrons. The van der Waals surface area contributed by atoms with Gasteiger partial charge in [0.1, 0.15) is 0 Å². The first-order valence-electron chi connectivity index (χ1n) is 5.26. The van der Waals surface area contributed by atoms with Crippen LogP contribution >= 0.6 is 15.9 Å². The zero-order valence-electron chi connectivity index (χ0n) is 9.04. The summed E-state index contributed by atoms with van der Waals surface area (Å²) in [7, 11) is 0. The second-order valence-electron chi connectivity index (χ2n) is 3.99. The summed E-state index contributed by atoms with van der Waals surface area (Å²) in [5.74, 6) is 0. The molecule has 1 aromatic rings. The van der Waals surface area contributed by atoms with Gasteiger partial charge in [0.2, 0.25) is 0 Å². The molecule has 15 heavy (non-hydrogen) atoms. The lowest BCUT2D eigenvalue weighted by Gasteiger charge is -2.26. The van der Waals surface area contributed by atoms with E-state index in [9.17, 15) is 5.11 Å². The van der Waals surface area contributed by atoms with Crippen LogP contribution in [-0.2, 0) is 6.42 Å². The fraction of sp³-hybridized carbons (Fsp3) is 0.500. The Bertz CT molecular complexity index is 316. The fourth-order valence-corrected chi connectivity index (χ4v) is 2.20. The highest BCUT2D eigenvalue weighted by Crippen LogP contribution is 2.20. The van der Waals surface area contributed by atoms with Crippen LogP contribution in [0.4, 0.5) is 0 Å². The van der Waals surface area contributed by atoms with Gasteiger partial charge in [-0.25, -0.2) is 0 Å². The Balaban J connectivity index is 2.74. The molecule has 0 aliphatic carbocycles. The first-order valence-corrected chi connectivity index (χ1v) is 6.06. The van der Waals surface area contributed by atoms with E-state index in [2.05, 4.69) is 22.9 Å². The lowest BCUT2D eigenvalue weighted by molar-refractivity contribution is 0.0399. The van der Waals surface area contributed by atoms with E-state index in [-0.39, 0.29) is 0 Å². The van der Waals surface area contributed by atoms with E-state index in [1.54, 1.807) is 0 Å². The quantitative estimate of drug-likeness (QED) is 0.865. The Labute approximate surface area is 99.6 Å². The third-order valence-electron chi connectivity index (χ3n) is 2.52. The van der Waals surface area contributed by atoms with Crippen LogP contribution in [0.5, 0.6) is 0 Å². The van der Waals surface area contributed by atoms with Crippen molar-refractivity contribution in [1.29, 1.82) is 0 Å². The number of nitrogens with two attached hydrogens (primary N) is 1. The first kappa shape index (κ1) is 12.7. The third-order valence-corrected chi connectivity index (χ3v) is 3.01. The Morgan fingerprint density at radius 1 is 1.47 bits per heavy atom. The van der Waals surface area contributed by atoms with Gasteiger partial charge in [-0.3, -0.25) is 0 Å². The predicted octanol–water partition coefficient (Wildman–Crippen LogP) is 2.48. The zero-order valence-corrected chi connectivity index (χ0v) is 10.6. The first-order chi connectivity index (χ1) is 7.09. The second-order valence-corrected chi connectivity index (χ2v) is 4.90. The number of hydrogen-bond acceptors (Lipinski definition) is 2. The summed E-state index contributed by atoms with van der Waals surface area (Å²) in [4.78, 5) is 0. The molecule has 0 aromatic heterocycles. The van der Waals surface area contributed by atoms with E-state index < -0.39 is 5.60 Å². The largest absolute Gasteiger partial charge is 0.388 e. The van der Waals surface area contributed by atoms with Crippen LogP contribution < -0.4 is 5.73 Å². The molecule has 1 unspecified atom stereocenters. The highest BCUT2D eigenvalue weighted by molar-refractivity contribution is 9.10. The molecular weight excluding hydrogens is 254 g/mol. The van der Waals surface area contributed by atoms with Gasteiger partial charge in [0, 0.05) is 17.4 Å². The van der Waals surface area contributed by atoms with Gasteiger partial charge in [0.15, 0.2) is 0 Å². The van der Waals surface area contributed by atoms with E-state index in [0.717, 1.165) is 22.9 Å². The van der Waals surface area contributed by atoms with Gasteiger partial charge in [0.25, 0.3) is 0 Å². The third kappa shape index (κ3) is 3.93. The lowest BCUT2D eigenvalue weighted by Crippen LogP contribution is -2.39. The molecule has 3 N–H and O–H groups in total. The van der Waals surface area contributed by atoms with Crippen molar-refractivity contribution in [2.45, 2.75) is 31.8 Å². The van der Waals surface area contributed by atoms with Gasteiger partial charge in [-0.2, -0.15) is 0 Å². The summed E-state index contributed by atoms with van der Waals surface area (Å²) in [6.45, 7) is 2.37. The monoisotopic (exact) mass is 271 g/mol. The van der Waals surface area contributed by atoms with Crippen LogP contribution in [0.1, 0.15) is 25.3 Å². The van der Waals surface area contributed by atoms with E-state index in [0.29, 0.717) is 13.0 Å². The minimum absolute atomic E-state index is 0.313. The molecule has 84 valence electrons. The van der Waals surface area contributed by atoms with Crippen molar-refractivity contribution in [3.63, 3.8) is 0 Å². The molecule has 1 aromatic carbocycles. The molecule has 0 amide bonds. The number of aliphatic hydroxyl groups is 1. The van der Waals surface area contributed by atoms with Crippen molar-refractivity contribution in [2.75, 3.05) is 6.54 Å². The summed E-state index contributed by atoms with van der Waals surface area (Å²) in [5.41, 5.74) is 5.98. The Morgan fingerprint density at radius 2 is 2.20 bits per heavy atom. The van der Waals surface area contributed by atoms with E-state index in [1.807, 2.05) is 24.3 Å². The highest BCUT2D eigenvalue weighted by atomic mass is 79.9. The Hall–Kier alpha value is -0.380. The SMILES string of the molecule is CCCC(O)(CN)Cc1cccc(Br)c1. The molecule has 0 saturated heterocycles. The van der Waals surface area contributed by atoms with Crippen LogP contribution in [0.25, 0.3) is 0 Å². The fourth-order valence-electron chi connectivity index (χ4n) is 1.75. The second kappa shape index (κ2) is 5.64. The van der Waals surface area contributed by atoms with Crippen molar-refractivity contribution >= 4 is 15.9 Å². The molecule has 0 aliphatic rings. The number of rotatable bonds is 5. The standard InChI is InChI=1S/C12H18BrNO/c1-2-6-12(15,9-14)8-10-4-3-5-11(13)7-10/h3-5,7,15H,2,6,8-9,14H2,1H3. The molecular formula is C12H18BrNO. The zero-order chi connectivity index (χ0) is 11.3. The average molecular weight is 272 g/mol. The Kier molecular flexibility index (Phi) is 4.77. The molecule has 1 rings (SSSR count). The average Bonchev–Trinajstić information content (AvgIpc) is 2.18. The summed E-state index contributed by atoms with van der Waals surface area (Å²) in [6.07, 6.45) is 2.31. The van der Waals surface area contributed by atoms with Crippen LogP contribution in [0, 0.1) is 0 Å². The van der Waals surface area contributed by atoms with E-state index >= 15 is 0 Å². The summed E-state index contributed by atoms with van der Waals surface area (Å²) < 4.78 is 1.04. The molecule has 2 nitrogen and oxygen atoms in total. The van der Waals surface area contributed by atoms with Crippen molar-refractivity contribution < 1.29 is 5.11 Å². The van der Waals surface area contributed by atoms with Gasteiger partial charge in [0.05, 0.1) is 5.60 Å². The maximum atomic E-state index is 10.2. The molecule has 0 fully saturated rings. The molecule has 0 bridgehead atoms. The molecule has 0 heterocycles. The highest BCUT2D eigenvalue weighted by Gasteiger charge is 2.24. The topological polar surface area (TPSA) is 46.2 Å². The molecule has 0 spiro atoms. The van der Waals surface area contributed by atoms with Crippen molar-refractivity contribution in [3.05, 3.63) is 34.3 Å². The van der Waals surface area contributed by atoms with Crippen molar-refractivity contribution in [3.8, 4) is 0 Å². The van der Waals surface area contributed by atoms with Crippen LogP contribution in [-0.4, -0.2) is 17.3 Å². The number of benzene rings is 1. The van der Waals surface area contributed by atoms with Crippen LogP contribution in [0.2, 0.25) is 0 Å². The minimum Gasteiger partial charge on any atom is -0.388 e. The molecule has 1 atom stereocenters. The maximum absolute atomic E-state index is 10.2. The number of halogens is 1. The van der Waals surface area contributed by atoms with Gasteiger partial charge < -0.3 is 10.8 Å². The summed E-state index contributed by atoms with van der Waals surface area (Å²) in [6, 6.07) is 7.99. The Morgan fingerprint density at radius 3 is 2.73 bits per heavy atom. The summed E-state index contributed by atoms with van der Waals surface area (Å²) >= 11 is 3.42. The van der Waals surface area contributed by atoms with E-state index in [4.69, 9.17) is 5.73 Å². The summed E-state index contributed by atoms with van der Waals surface area (Å²) in [5, 5.41) is 10.2. The molecule has 3 heteroatoms. The minimum atomic E-state index is -0.754. The smallest absolute Gasteiger partial charge is 0.0809 e. The van der Waals surface area contributed by atoms with Crippen LogP contribution in [0.3, 0.4) is 0 Å². The van der Waals surface area contributed by atoms with Crippen molar-refractivity contribution in [2.24, 2.45) is 5.73 Å². The van der Waals surface area contributed by atoms with E-state index in [1.165, 1.54) is 0 Å². The normalized spacial score (nSPS) is 14.9. The number of hydrogen-bond donors (Lipinski definition) is 2.